The Morgan fingerprint density at radius 2 is 1.77 bits per heavy atom. The van der Waals surface area contributed by atoms with Gasteiger partial charge in [0.2, 0.25) is 0 Å². The minimum absolute atomic E-state index is 0.178. The van der Waals surface area contributed by atoms with E-state index in [4.69, 9.17) is 9.47 Å². The second-order valence-corrected chi connectivity index (χ2v) is 7.08. The van der Waals surface area contributed by atoms with Crippen LogP contribution in [-0.4, -0.2) is 43.4 Å². The Kier molecular flexibility index (Phi) is 6.63. The molecular weight excluding hydrogens is 332 g/mol. The molecule has 2 N–H and O–H groups in total. The molecule has 1 aliphatic carbocycles. The first-order valence-electron chi connectivity index (χ1n) is 9.59. The van der Waals surface area contributed by atoms with E-state index in [1.165, 1.54) is 12.0 Å². The molecule has 1 saturated carbocycles. The van der Waals surface area contributed by atoms with Crippen LogP contribution in [0, 0.1) is 0 Å². The van der Waals surface area contributed by atoms with Crippen molar-refractivity contribution >= 4 is 11.8 Å². The van der Waals surface area contributed by atoms with Crippen LogP contribution in [0.25, 0.3) is 0 Å². The highest BCUT2D eigenvalue weighted by Gasteiger charge is 2.42. The Balaban J connectivity index is 1.30. The van der Waals surface area contributed by atoms with Gasteiger partial charge in [-0.2, -0.15) is 0 Å². The van der Waals surface area contributed by atoms with Crippen molar-refractivity contribution < 1.29 is 19.1 Å². The molecule has 2 fully saturated rings. The summed E-state index contributed by atoms with van der Waals surface area (Å²) in [5.74, 6) is -1.66. The molecule has 1 atom stereocenters. The van der Waals surface area contributed by atoms with Gasteiger partial charge in [-0.1, -0.05) is 36.8 Å². The Morgan fingerprint density at radius 1 is 1.04 bits per heavy atom. The van der Waals surface area contributed by atoms with Crippen molar-refractivity contribution in [2.24, 2.45) is 0 Å². The minimum Gasteiger partial charge on any atom is -0.348 e. The summed E-state index contributed by atoms with van der Waals surface area (Å²) in [4.78, 5) is 23.8. The normalized spacial score (nSPS) is 21.5. The summed E-state index contributed by atoms with van der Waals surface area (Å²) in [7, 11) is 0. The van der Waals surface area contributed by atoms with Gasteiger partial charge in [0.1, 0.15) is 6.10 Å². The molecule has 2 amide bonds. The van der Waals surface area contributed by atoms with Gasteiger partial charge in [0, 0.05) is 25.9 Å². The zero-order valence-corrected chi connectivity index (χ0v) is 15.2. The molecule has 1 spiro atoms. The molecule has 1 heterocycles. The third kappa shape index (κ3) is 5.29. The van der Waals surface area contributed by atoms with Crippen molar-refractivity contribution in [3.05, 3.63) is 35.9 Å². The SMILES string of the molecule is O=C(NCCCc1ccccc1)C(=O)NC[C@H]1COC2(CCCCC2)O1. The molecule has 1 aromatic carbocycles. The summed E-state index contributed by atoms with van der Waals surface area (Å²) in [6.07, 6.45) is 6.78. The first kappa shape index (κ1) is 18.9. The summed E-state index contributed by atoms with van der Waals surface area (Å²) in [6.45, 7) is 1.25. The van der Waals surface area contributed by atoms with Crippen molar-refractivity contribution in [2.75, 3.05) is 19.7 Å². The van der Waals surface area contributed by atoms with Crippen LogP contribution in [0.5, 0.6) is 0 Å². The monoisotopic (exact) mass is 360 g/mol. The second-order valence-electron chi connectivity index (χ2n) is 7.08. The maximum atomic E-state index is 11.9. The molecule has 142 valence electrons. The zero-order chi connectivity index (χ0) is 18.2. The fourth-order valence-corrected chi connectivity index (χ4v) is 3.58. The number of hydrogen-bond acceptors (Lipinski definition) is 4. The molecule has 0 unspecified atom stereocenters. The van der Waals surface area contributed by atoms with Crippen LogP contribution in [0.4, 0.5) is 0 Å². The molecule has 0 radical (unpaired) electrons. The van der Waals surface area contributed by atoms with E-state index >= 15 is 0 Å². The number of nitrogens with one attached hydrogen (secondary N) is 2. The summed E-state index contributed by atoms with van der Waals surface area (Å²) in [5, 5.41) is 5.31. The fourth-order valence-electron chi connectivity index (χ4n) is 3.58. The third-order valence-electron chi connectivity index (χ3n) is 5.00. The third-order valence-corrected chi connectivity index (χ3v) is 5.00. The lowest BCUT2D eigenvalue weighted by molar-refractivity contribution is -0.186. The largest absolute Gasteiger partial charge is 0.348 e. The number of ether oxygens (including phenoxy) is 2. The van der Waals surface area contributed by atoms with Crippen molar-refractivity contribution in [2.45, 2.75) is 56.8 Å². The Hall–Kier alpha value is -1.92. The van der Waals surface area contributed by atoms with E-state index in [-0.39, 0.29) is 6.10 Å². The van der Waals surface area contributed by atoms with Crippen LogP contribution in [0.15, 0.2) is 30.3 Å². The van der Waals surface area contributed by atoms with Gasteiger partial charge in [0.25, 0.3) is 0 Å². The van der Waals surface area contributed by atoms with Gasteiger partial charge in [-0.25, -0.2) is 0 Å². The number of benzene rings is 1. The van der Waals surface area contributed by atoms with Crippen LogP contribution >= 0.6 is 0 Å². The van der Waals surface area contributed by atoms with E-state index in [0.29, 0.717) is 19.7 Å². The summed E-state index contributed by atoms with van der Waals surface area (Å²) >= 11 is 0. The summed E-state index contributed by atoms with van der Waals surface area (Å²) < 4.78 is 11.8. The lowest BCUT2D eigenvalue weighted by atomic mass is 9.94. The molecule has 3 rings (SSSR count). The van der Waals surface area contributed by atoms with Crippen molar-refractivity contribution in [3.8, 4) is 0 Å². The van der Waals surface area contributed by atoms with Gasteiger partial charge in [0.05, 0.1) is 6.61 Å². The molecule has 1 saturated heterocycles. The Labute approximate surface area is 154 Å². The molecule has 26 heavy (non-hydrogen) atoms. The van der Waals surface area contributed by atoms with Gasteiger partial charge < -0.3 is 20.1 Å². The molecular formula is C20H28N2O4. The maximum Gasteiger partial charge on any atom is 0.309 e. The topological polar surface area (TPSA) is 76.7 Å². The number of hydrogen-bond donors (Lipinski definition) is 2. The maximum absolute atomic E-state index is 11.9. The number of carbonyl (C=O) groups excluding carboxylic acids is 2. The van der Waals surface area contributed by atoms with E-state index in [0.717, 1.165) is 38.5 Å². The van der Waals surface area contributed by atoms with E-state index in [1.54, 1.807) is 0 Å². The Bertz CT molecular complexity index is 599. The van der Waals surface area contributed by atoms with Crippen LogP contribution < -0.4 is 10.6 Å². The van der Waals surface area contributed by atoms with Gasteiger partial charge >= 0.3 is 11.8 Å². The lowest BCUT2D eigenvalue weighted by Gasteiger charge is -2.31. The molecule has 1 aliphatic heterocycles. The van der Waals surface area contributed by atoms with E-state index in [2.05, 4.69) is 22.8 Å². The minimum atomic E-state index is -0.613. The second kappa shape index (κ2) is 9.14. The molecule has 0 bridgehead atoms. The number of amides is 2. The number of aryl methyl sites for hydroxylation is 1. The smallest absolute Gasteiger partial charge is 0.309 e. The average Bonchev–Trinajstić information content (AvgIpc) is 3.06. The van der Waals surface area contributed by atoms with Crippen molar-refractivity contribution in [3.63, 3.8) is 0 Å². The van der Waals surface area contributed by atoms with E-state index < -0.39 is 17.6 Å². The highest BCUT2D eigenvalue weighted by atomic mass is 16.7. The number of carbonyl (C=O) groups is 2. The van der Waals surface area contributed by atoms with Crippen LogP contribution in [-0.2, 0) is 25.5 Å². The highest BCUT2D eigenvalue weighted by Crippen LogP contribution is 2.37. The van der Waals surface area contributed by atoms with Gasteiger partial charge in [-0.15, -0.1) is 0 Å². The molecule has 6 nitrogen and oxygen atoms in total. The van der Waals surface area contributed by atoms with Gasteiger partial charge in [-0.05, 0) is 31.2 Å². The standard InChI is InChI=1S/C20H28N2O4/c23-18(21-13-7-10-16-8-3-1-4-9-16)19(24)22-14-17-15-25-20(26-17)11-5-2-6-12-20/h1,3-4,8-9,17H,2,5-7,10-15H2,(H,21,23)(H,22,24)/t17-/m0/s1. The van der Waals surface area contributed by atoms with E-state index in [9.17, 15) is 9.59 Å². The van der Waals surface area contributed by atoms with Gasteiger partial charge in [-0.3, -0.25) is 9.59 Å². The molecule has 6 heteroatoms. The summed E-state index contributed by atoms with van der Waals surface area (Å²) in [6, 6.07) is 10.1. The first-order chi connectivity index (χ1) is 12.7. The van der Waals surface area contributed by atoms with Crippen LogP contribution in [0.3, 0.4) is 0 Å². The van der Waals surface area contributed by atoms with Gasteiger partial charge in [0.15, 0.2) is 5.79 Å². The van der Waals surface area contributed by atoms with Crippen LogP contribution in [0.1, 0.15) is 44.1 Å². The molecule has 1 aromatic rings. The van der Waals surface area contributed by atoms with Crippen molar-refractivity contribution in [1.29, 1.82) is 0 Å². The van der Waals surface area contributed by atoms with Crippen molar-refractivity contribution in [1.82, 2.24) is 10.6 Å². The predicted molar refractivity (Wildman–Crippen MR) is 97.4 cm³/mol. The Morgan fingerprint density at radius 3 is 2.54 bits per heavy atom. The van der Waals surface area contributed by atoms with E-state index in [1.807, 2.05) is 18.2 Å². The van der Waals surface area contributed by atoms with Crippen LogP contribution in [0.2, 0.25) is 0 Å². The first-order valence-corrected chi connectivity index (χ1v) is 9.59. The predicted octanol–water partition coefficient (Wildman–Crippen LogP) is 1.93. The zero-order valence-electron chi connectivity index (χ0n) is 15.2. The lowest BCUT2D eigenvalue weighted by Crippen LogP contribution is -2.44. The number of rotatable bonds is 6. The summed E-state index contributed by atoms with van der Waals surface area (Å²) in [5.41, 5.74) is 1.22. The fraction of sp³-hybridized carbons (Fsp3) is 0.600. The molecule has 0 aromatic heterocycles. The quantitative estimate of drug-likeness (QED) is 0.600. The molecule has 2 aliphatic rings. The average molecular weight is 360 g/mol. The highest BCUT2D eigenvalue weighted by molar-refractivity contribution is 6.35.